The summed E-state index contributed by atoms with van der Waals surface area (Å²) in [4.78, 5) is 11.9. The summed E-state index contributed by atoms with van der Waals surface area (Å²) in [5.41, 5.74) is 2.12. The lowest BCUT2D eigenvalue weighted by Crippen LogP contribution is -2.30. The summed E-state index contributed by atoms with van der Waals surface area (Å²) in [5, 5.41) is 3.41. The van der Waals surface area contributed by atoms with E-state index < -0.39 is 0 Å². The van der Waals surface area contributed by atoms with E-state index in [2.05, 4.69) is 36.5 Å². The van der Waals surface area contributed by atoms with Gasteiger partial charge in [-0.15, -0.1) is 0 Å². The van der Waals surface area contributed by atoms with Gasteiger partial charge in [0.2, 0.25) is 0 Å². The number of ketones is 1. The molecular formula is C18H21NO. The Morgan fingerprint density at radius 1 is 1.00 bits per heavy atom. The van der Waals surface area contributed by atoms with Gasteiger partial charge in [-0.05, 0) is 18.9 Å². The van der Waals surface area contributed by atoms with Crippen LogP contribution in [0, 0.1) is 0 Å². The molecule has 0 aromatic heterocycles. The van der Waals surface area contributed by atoms with Crippen molar-refractivity contribution in [3.63, 3.8) is 0 Å². The monoisotopic (exact) mass is 267 g/mol. The van der Waals surface area contributed by atoms with Crippen molar-refractivity contribution in [2.75, 3.05) is 6.54 Å². The van der Waals surface area contributed by atoms with E-state index in [-0.39, 0.29) is 5.78 Å². The molecule has 2 rings (SSSR count). The van der Waals surface area contributed by atoms with Crippen LogP contribution in [0.15, 0.2) is 60.7 Å². The normalized spacial score (nSPS) is 12.1. The van der Waals surface area contributed by atoms with Crippen LogP contribution < -0.4 is 5.32 Å². The molecule has 0 heterocycles. The quantitative estimate of drug-likeness (QED) is 0.778. The van der Waals surface area contributed by atoms with Crippen LogP contribution in [0.5, 0.6) is 0 Å². The third-order valence-electron chi connectivity index (χ3n) is 3.33. The summed E-state index contributed by atoms with van der Waals surface area (Å²) in [6.07, 6.45) is 1.53. The second kappa shape index (κ2) is 7.61. The fraction of sp³-hybridized carbons (Fsp3) is 0.278. The maximum Gasteiger partial charge on any atom is 0.164 e. The summed E-state index contributed by atoms with van der Waals surface area (Å²) in [7, 11) is 0. The summed E-state index contributed by atoms with van der Waals surface area (Å²) in [5.74, 6) is 0.199. The molecule has 0 saturated carbocycles. The second-order valence-electron chi connectivity index (χ2n) is 5.08. The third kappa shape index (κ3) is 4.63. The van der Waals surface area contributed by atoms with Crippen LogP contribution in [0.4, 0.5) is 0 Å². The predicted octanol–water partition coefficient (Wildman–Crippen LogP) is 3.48. The zero-order valence-electron chi connectivity index (χ0n) is 11.9. The molecule has 20 heavy (non-hydrogen) atoms. The van der Waals surface area contributed by atoms with Crippen molar-refractivity contribution in [2.45, 2.75) is 25.8 Å². The minimum atomic E-state index is 0.199. The highest BCUT2D eigenvalue weighted by Crippen LogP contribution is 2.04. The Balaban J connectivity index is 1.72. The molecule has 0 aliphatic carbocycles. The zero-order chi connectivity index (χ0) is 14.2. The molecule has 2 nitrogen and oxygen atoms in total. The lowest BCUT2D eigenvalue weighted by molar-refractivity contribution is 0.0982. The van der Waals surface area contributed by atoms with Gasteiger partial charge in [0.05, 0.1) is 0 Å². The molecule has 0 saturated heterocycles. The first-order chi connectivity index (χ1) is 9.75. The molecule has 1 atom stereocenters. The van der Waals surface area contributed by atoms with Gasteiger partial charge in [-0.3, -0.25) is 4.79 Å². The topological polar surface area (TPSA) is 29.1 Å². The van der Waals surface area contributed by atoms with Crippen LogP contribution in [0.2, 0.25) is 0 Å². The van der Waals surface area contributed by atoms with Gasteiger partial charge in [0.25, 0.3) is 0 Å². The zero-order valence-corrected chi connectivity index (χ0v) is 11.9. The Kier molecular flexibility index (Phi) is 5.51. The molecule has 2 aromatic rings. The van der Waals surface area contributed by atoms with Gasteiger partial charge in [-0.1, -0.05) is 60.7 Å². The van der Waals surface area contributed by atoms with Gasteiger partial charge in [-0.2, -0.15) is 0 Å². The van der Waals surface area contributed by atoms with Crippen LogP contribution >= 0.6 is 0 Å². The minimum Gasteiger partial charge on any atom is -0.313 e. The lowest BCUT2D eigenvalue weighted by Gasteiger charge is -2.13. The fourth-order valence-electron chi connectivity index (χ4n) is 2.24. The van der Waals surface area contributed by atoms with E-state index >= 15 is 0 Å². The molecule has 0 radical (unpaired) electrons. The Hall–Kier alpha value is -1.93. The fourth-order valence-corrected chi connectivity index (χ4v) is 2.24. The van der Waals surface area contributed by atoms with Crippen LogP contribution in [-0.4, -0.2) is 18.4 Å². The molecule has 0 bridgehead atoms. The molecule has 1 N–H and O–H groups in total. The highest BCUT2D eigenvalue weighted by atomic mass is 16.1. The van der Waals surface area contributed by atoms with Gasteiger partial charge in [0.1, 0.15) is 0 Å². The van der Waals surface area contributed by atoms with Crippen molar-refractivity contribution < 1.29 is 4.79 Å². The Bertz CT molecular complexity index is 522. The first-order valence-electron chi connectivity index (χ1n) is 7.11. The van der Waals surface area contributed by atoms with Crippen molar-refractivity contribution in [1.82, 2.24) is 5.32 Å². The number of benzene rings is 2. The molecule has 2 aromatic carbocycles. The second-order valence-corrected chi connectivity index (χ2v) is 5.08. The van der Waals surface area contributed by atoms with Gasteiger partial charge in [-0.25, -0.2) is 0 Å². The molecule has 0 aliphatic heterocycles. The van der Waals surface area contributed by atoms with Gasteiger partial charge in [0.15, 0.2) is 5.78 Å². The Morgan fingerprint density at radius 3 is 2.25 bits per heavy atom. The summed E-state index contributed by atoms with van der Waals surface area (Å²) < 4.78 is 0. The van der Waals surface area contributed by atoms with E-state index in [1.165, 1.54) is 5.56 Å². The van der Waals surface area contributed by atoms with E-state index in [1.54, 1.807) is 0 Å². The van der Waals surface area contributed by atoms with E-state index in [9.17, 15) is 4.79 Å². The highest BCUT2D eigenvalue weighted by molar-refractivity contribution is 5.96. The van der Waals surface area contributed by atoms with Gasteiger partial charge >= 0.3 is 0 Å². The van der Waals surface area contributed by atoms with Crippen molar-refractivity contribution >= 4 is 5.78 Å². The highest BCUT2D eigenvalue weighted by Gasteiger charge is 2.06. The van der Waals surface area contributed by atoms with E-state index in [0.29, 0.717) is 12.5 Å². The average molecular weight is 267 g/mol. The summed E-state index contributed by atoms with van der Waals surface area (Å²) >= 11 is 0. The average Bonchev–Trinajstić information content (AvgIpc) is 2.49. The number of rotatable bonds is 7. The van der Waals surface area contributed by atoms with Crippen molar-refractivity contribution in [1.29, 1.82) is 0 Å². The molecular weight excluding hydrogens is 246 g/mol. The van der Waals surface area contributed by atoms with E-state index in [4.69, 9.17) is 0 Å². The number of hydrogen-bond donors (Lipinski definition) is 1. The van der Waals surface area contributed by atoms with Crippen LogP contribution in [0.1, 0.15) is 29.3 Å². The summed E-state index contributed by atoms with van der Waals surface area (Å²) in [6, 6.07) is 20.3. The first-order valence-corrected chi connectivity index (χ1v) is 7.11. The van der Waals surface area contributed by atoms with Crippen molar-refractivity contribution in [3.05, 3.63) is 71.8 Å². The largest absolute Gasteiger partial charge is 0.313 e. The first kappa shape index (κ1) is 14.5. The molecule has 0 fully saturated rings. The number of carbonyl (C=O) groups excluding carboxylic acids is 1. The Labute approximate surface area is 120 Å². The minimum absolute atomic E-state index is 0.199. The van der Waals surface area contributed by atoms with Crippen molar-refractivity contribution in [3.8, 4) is 0 Å². The number of Topliss-reactive ketones (excluding diaryl/α,β-unsaturated/α-hetero) is 1. The van der Waals surface area contributed by atoms with Crippen LogP contribution in [-0.2, 0) is 6.42 Å². The SMILES string of the molecule is C[C@H](Cc1ccccc1)NCCC(=O)c1ccccc1. The molecule has 2 heteroatoms. The van der Waals surface area contributed by atoms with Gasteiger partial charge < -0.3 is 5.32 Å². The maximum absolute atomic E-state index is 11.9. The molecule has 104 valence electrons. The van der Waals surface area contributed by atoms with E-state index in [0.717, 1.165) is 18.5 Å². The molecule has 0 aliphatic rings. The van der Waals surface area contributed by atoms with Crippen LogP contribution in [0.25, 0.3) is 0 Å². The third-order valence-corrected chi connectivity index (χ3v) is 3.33. The van der Waals surface area contributed by atoms with Crippen molar-refractivity contribution in [2.24, 2.45) is 0 Å². The van der Waals surface area contributed by atoms with Crippen LogP contribution in [0.3, 0.4) is 0 Å². The predicted molar refractivity (Wildman–Crippen MR) is 83.0 cm³/mol. The number of carbonyl (C=O) groups is 1. The lowest BCUT2D eigenvalue weighted by atomic mass is 10.1. The molecule has 0 unspecified atom stereocenters. The molecule has 0 spiro atoms. The standard InChI is InChI=1S/C18H21NO/c1-15(14-16-8-4-2-5-9-16)19-13-12-18(20)17-10-6-3-7-11-17/h2-11,15,19H,12-14H2,1H3/t15-/m1/s1. The number of nitrogens with one attached hydrogen (secondary N) is 1. The molecule has 0 amide bonds. The maximum atomic E-state index is 11.9. The Morgan fingerprint density at radius 2 is 1.60 bits per heavy atom. The smallest absolute Gasteiger partial charge is 0.164 e. The van der Waals surface area contributed by atoms with Gasteiger partial charge in [0, 0.05) is 24.6 Å². The summed E-state index contributed by atoms with van der Waals surface area (Å²) in [6.45, 7) is 2.88. The number of hydrogen-bond acceptors (Lipinski definition) is 2. The van der Waals surface area contributed by atoms with E-state index in [1.807, 2.05) is 36.4 Å².